The van der Waals surface area contributed by atoms with E-state index in [1.165, 1.54) is 12.1 Å². The molecule has 1 amide bonds. The minimum atomic E-state index is -0.302. The molecule has 0 aliphatic carbocycles. The molecule has 4 rings (SSSR count). The summed E-state index contributed by atoms with van der Waals surface area (Å²) in [5, 5.41) is 6.11. The summed E-state index contributed by atoms with van der Waals surface area (Å²) in [6.07, 6.45) is 0. The summed E-state index contributed by atoms with van der Waals surface area (Å²) in [5.74, 6) is 0.785. The van der Waals surface area contributed by atoms with Gasteiger partial charge in [0.15, 0.2) is 0 Å². The van der Waals surface area contributed by atoms with Crippen molar-refractivity contribution in [2.75, 3.05) is 5.32 Å². The summed E-state index contributed by atoms with van der Waals surface area (Å²) in [5.41, 5.74) is 3.91. The number of rotatable bonds is 6. The molecule has 0 unspecified atom stereocenters. The first kappa shape index (κ1) is 20.2. The van der Waals surface area contributed by atoms with Crippen LogP contribution in [-0.2, 0) is 6.54 Å². The van der Waals surface area contributed by atoms with Crippen molar-refractivity contribution in [2.24, 2.45) is 0 Å². The molecule has 1 aromatic heterocycles. The molecule has 0 spiro atoms. The van der Waals surface area contributed by atoms with Gasteiger partial charge in [-0.3, -0.25) is 4.79 Å². The summed E-state index contributed by atoms with van der Waals surface area (Å²) in [6.45, 7) is 2.17. The average molecular weight is 412 g/mol. The third kappa shape index (κ3) is 5.30. The van der Waals surface area contributed by atoms with E-state index in [-0.39, 0.29) is 11.7 Å². The lowest BCUT2D eigenvalue weighted by Gasteiger charge is -2.11. The van der Waals surface area contributed by atoms with E-state index in [9.17, 15) is 9.18 Å². The van der Waals surface area contributed by atoms with E-state index < -0.39 is 0 Å². The number of benzene rings is 3. The van der Waals surface area contributed by atoms with Crippen LogP contribution in [0.3, 0.4) is 0 Å². The predicted octanol–water partition coefficient (Wildman–Crippen LogP) is 5.26. The molecule has 4 aromatic rings. The second-order valence-electron chi connectivity index (χ2n) is 7.07. The molecular formula is C25H21FN4O. The molecule has 0 saturated heterocycles. The van der Waals surface area contributed by atoms with Gasteiger partial charge in [0.2, 0.25) is 0 Å². The zero-order valence-corrected chi connectivity index (χ0v) is 17.0. The van der Waals surface area contributed by atoms with E-state index in [1.807, 2.05) is 49.4 Å². The molecule has 3 aromatic carbocycles. The third-order valence-corrected chi connectivity index (χ3v) is 4.67. The van der Waals surface area contributed by atoms with Crippen molar-refractivity contribution < 1.29 is 9.18 Å². The Kier molecular flexibility index (Phi) is 5.98. The lowest BCUT2D eigenvalue weighted by atomic mass is 10.1. The highest BCUT2D eigenvalue weighted by molar-refractivity contribution is 5.95. The zero-order chi connectivity index (χ0) is 21.6. The summed E-state index contributed by atoms with van der Waals surface area (Å²) in [6, 6.07) is 25.0. The normalized spacial score (nSPS) is 10.5. The number of carbonyl (C=O) groups excluding carboxylic acids is 1. The maximum atomic E-state index is 13.0. The number of aryl methyl sites for hydroxylation is 1. The van der Waals surface area contributed by atoms with Crippen molar-refractivity contribution in [3.63, 3.8) is 0 Å². The van der Waals surface area contributed by atoms with Crippen LogP contribution in [-0.4, -0.2) is 15.9 Å². The quantitative estimate of drug-likeness (QED) is 0.453. The number of amides is 1. The molecule has 0 bridgehead atoms. The standard InChI is InChI=1S/C25H21FN4O/c1-17-28-23(19-6-3-2-4-7-19)15-24(29-17)30-22-9-5-8-20(14-22)25(31)27-16-18-10-12-21(26)13-11-18/h2-15H,16H2,1H3,(H,27,31)(H,28,29,30). The second-order valence-corrected chi connectivity index (χ2v) is 7.07. The van der Waals surface area contributed by atoms with Gasteiger partial charge < -0.3 is 10.6 Å². The molecule has 0 radical (unpaired) electrons. The van der Waals surface area contributed by atoms with Gasteiger partial charge >= 0.3 is 0 Å². The Hall–Kier alpha value is -4.06. The van der Waals surface area contributed by atoms with Crippen LogP contribution >= 0.6 is 0 Å². The van der Waals surface area contributed by atoms with Crippen molar-refractivity contribution in [3.05, 3.63) is 108 Å². The maximum absolute atomic E-state index is 13.0. The van der Waals surface area contributed by atoms with Crippen molar-refractivity contribution in [2.45, 2.75) is 13.5 Å². The van der Waals surface area contributed by atoms with Crippen molar-refractivity contribution >= 4 is 17.4 Å². The van der Waals surface area contributed by atoms with E-state index in [4.69, 9.17) is 0 Å². The van der Waals surface area contributed by atoms with E-state index >= 15 is 0 Å². The molecule has 6 heteroatoms. The van der Waals surface area contributed by atoms with Gasteiger partial charge in [0.25, 0.3) is 5.91 Å². The Morgan fingerprint density at radius 1 is 0.903 bits per heavy atom. The van der Waals surface area contributed by atoms with E-state index in [0.717, 1.165) is 22.5 Å². The van der Waals surface area contributed by atoms with Gasteiger partial charge in [-0.05, 0) is 42.8 Å². The zero-order valence-electron chi connectivity index (χ0n) is 17.0. The minimum Gasteiger partial charge on any atom is -0.348 e. The maximum Gasteiger partial charge on any atom is 0.251 e. The van der Waals surface area contributed by atoms with Crippen molar-refractivity contribution in [1.29, 1.82) is 0 Å². The molecule has 154 valence electrons. The Morgan fingerprint density at radius 3 is 2.45 bits per heavy atom. The Morgan fingerprint density at radius 2 is 1.68 bits per heavy atom. The van der Waals surface area contributed by atoms with Crippen LogP contribution in [0.15, 0.2) is 84.9 Å². The van der Waals surface area contributed by atoms with Gasteiger partial charge in [0, 0.05) is 29.4 Å². The van der Waals surface area contributed by atoms with E-state index in [0.29, 0.717) is 23.8 Å². The summed E-state index contributed by atoms with van der Waals surface area (Å²) in [4.78, 5) is 21.5. The smallest absolute Gasteiger partial charge is 0.251 e. The first-order chi connectivity index (χ1) is 15.1. The van der Waals surface area contributed by atoms with Gasteiger partial charge in [-0.2, -0.15) is 0 Å². The molecule has 31 heavy (non-hydrogen) atoms. The lowest BCUT2D eigenvalue weighted by molar-refractivity contribution is 0.0951. The van der Waals surface area contributed by atoms with Crippen LogP contribution in [0.1, 0.15) is 21.7 Å². The summed E-state index contributed by atoms with van der Waals surface area (Å²) < 4.78 is 13.0. The largest absolute Gasteiger partial charge is 0.348 e. The van der Waals surface area contributed by atoms with Crippen LogP contribution in [0, 0.1) is 12.7 Å². The molecule has 2 N–H and O–H groups in total. The van der Waals surface area contributed by atoms with Crippen LogP contribution in [0.25, 0.3) is 11.3 Å². The van der Waals surface area contributed by atoms with Gasteiger partial charge in [0.1, 0.15) is 17.5 Å². The first-order valence-corrected chi connectivity index (χ1v) is 9.88. The minimum absolute atomic E-state index is 0.211. The van der Waals surface area contributed by atoms with Crippen molar-refractivity contribution in [3.8, 4) is 11.3 Å². The Bertz CT molecular complexity index is 1190. The van der Waals surface area contributed by atoms with Crippen LogP contribution in [0.5, 0.6) is 0 Å². The molecule has 0 saturated carbocycles. The monoisotopic (exact) mass is 412 g/mol. The summed E-state index contributed by atoms with van der Waals surface area (Å²) >= 11 is 0. The van der Waals surface area contributed by atoms with Gasteiger partial charge in [-0.25, -0.2) is 14.4 Å². The number of nitrogens with one attached hydrogen (secondary N) is 2. The molecule has 1 heterocycles. The fourth-order valence-corrected chi connectivity index (χ4v) is 3.16. The summed E-state index contributed by atoms with van der Waals surface area (Å²) in [7, 11) is 0. The van der Waals surface area contributed by atoms with E-state index in [2.05, 4.69) is 20.6 Å². The molecule has 0 aliphatic heterocycles. The van der Waals surface area contributed by atoms with Crippen LogP contribution in [0.2, 0.25) is 0 Å². The number of nitrogens with zero attached hydrogens (tertiary/aromatic N) is 2. The topological polar surface area (TPSA) is 66.9 Å². The molecular weight excluding hydrogens is 391 g/mol. The number of anilines is 2. The number of halogens is 1. The third-order valence-electron chi connectivity index (χ3n) is 4.67. The van der Waals surface area contributed by atoms with Gasteiger partial charge in [0.05, 0.1) is 5.69 Å². The number of carbonyl (C=O) groups is 1. The average Bonchev–Trinajstić information content (AvgIpc) is 2.79. The lowest BCUT2D eigenvalue weighted by Crippen LogP contribution is -2.22. The highest BCUT2D eigenvalue weighted by Gasteiger charge is 2.08. The highest BCUT2D eigenvalue weighted by Crippen LogP contribution is 2.22. The number of hydrogen-bond donors (Lipinski definition) is 2. The molecule has 0 fully saturated rings. The van der Waals surface area contributed by atoms with Crippen LogP contribution < -0.4 is 10.6 Å². The SMILES string of the molecule is Cc1nc(Nc2cccc(C(=O)NCc3ccc(F)cc3)c2)cc(-c2ccccc2)n1. The highest BCUT2D eigenvalue weighted by atomic mass is 19.1. The molecule has 0 aliphatic rings. The van der Waals surface area contributed by atoms with Gasteiger partial charge in [-0.1, -0.05) is 48.5 Å². The molecule has 0 atom stereocenters. The molecule has 5 nitrogen and oxygen atoms in total. The Balaban J connectivity index is 1.48. The first-order valence-electron chi connectivity index (χ1n) is 9.88. The number of hydrogen-bond acceptors (Lipinski definition) is 4. The predicted molar refractivity (Wildman–Crippen MR) is 119 cm³/mol. The fourth-order valence-electron chi connectivity index (χ4n) is 3.16. The van der Waals surface area contributed by atoms with Crippen LogP contribution in [0.4, 0.5) is 15.9 Å². The van der Waals surface area contributed by atoms with E-state index in [1.54, 1.807) is 30.3 Å². The van der Waals surface area contributed by atoms with Crippen molar-refractivity contribution in [1.82, 2.24) is 15.3 Å². The fraction of sp³-hybridized carbons (Fsp3) is 0.0800. The number of aromatic nitrogens is 2. The Labute approximate surface area is 180 Å². The van der Waals surface area contributed by atoms with Gasteiger partial charge in [-0.15, -0.1) is 0 Å². The second kappa shape index (κ2) is 9.17.